The van der Waals surface area contributed by atoms with Gasteiger partial charge in [0.15, 0.2) is 0 Å². The quantitative estimate of drug-likeness (QED) is 0.609. The van der Waals surface area contributed by atoms with Crippen LogP contribution in [0.3, 0.4) is 0 Å². The van der Waals surface area contributed by atoms with Gasteiger partial charge in [-0.05, 0) is 72.2 Å². The molecule has 0 aromatic rings. The van der Waals surface area contributed by atoms with Crippen molar-refractivity contribution in [3.8, 4) is 0 Å². The van der Waals surface area contributed by atoms with Crippen molar-refractivity contribution in [2.45, 2.75) is 85.9 Å². The first-order valence-corrected chi connectivity index (χ1v) is 11.2. The van der Waals surface area contributed by atoms with Crippen LogP contribution in [0.15, 0.2) is 0 Å². The molecule has 2 unspecified atom stereocenters. The normalized spacial score (nSPS) is 41.5. The van der Waals surface area contributed by atoms with Crippen LogP contribution in [0.5, 0.6) is 0 Å². The Morgan fingerprint density at radius 2 is 1.23 bits per heavy atom. The summed E-state index contributed by atoms with van der Waals surface area (Å²) >= 11 is 0. The highest BCUT2D eigenvalue weighted by Gasteiger charge is 2.47. The molecule has 2 aliphatic rings. The van der Waals surface area contributed by atoms with E-state index in [4.69, 9.17) is 0 Å². The average molecular weight is 327 g/mol. The summed E-state index contributed by atoms with van der Waals surface area (Å²) in [7, 11) is 0.206. The summed E-state index contributed by atoms with van der Waals surface area (Å²) in [5, 5.41) is 11.1. The first-order chi connectivity index (χ1) is 10.00. The minimum atomic E-state index is -0.116. The van der Waals surface area contributed by atoms with Crippen LogP contribution in [0.2, 0.25) is 0 Å². The molecule has 0 bridgehead atoms. The van der Waals surface area contributed by atoms with E-state index in [1.54, 1.807) is 0 Å². The molecule has 2 atom stereocenters. The Kier molecular flexibility index (Phi) is 5.72. The van der Waals surface area contributed by atoms with Crippen molar-refractivity contribution >= 4 is 7.92 Å². The van der Waals surface area contributed by atoms with Gasteiger partial charge in [0.25, 0.3) is 0 Å². The SMILES string of the molecule is CC1CCP(C2CC(C(C)(C)C)C(O)C(C(C)(C)C)C2)CC1. The molecule has 0 aromatic carbocycles. The Morgan fingerprint density at radius 1 is 0.818 bits per heavy atom. The number of rotatable bonds is 1. The van der Waals surface area contributed by atoms with Crippen molar-refractivity contribution in [2.24, 2.45) is 28.6 Å². The van der Waals surface area contributed by atoms with Crippen molar-refractivity contribution in [1.29, 1.82) is 0 Å². The molecule has 0 amide bonds. The van der Waals surface area contributed by atoms with Gasteiger partial charge in [0, 0.05) is 0 Å². The van der Waals surface area contributed by atoms with Crippen molar-refractivity contribution in [1.82, 2.24) is 0 Å². The van der Waals surface area contributed by atoms with Crippen LogP contribution in [0.25, 0.3) is 0 Å². The molecular weight excluding hydrogens is 287 g/mol. The molecule has 1 aliphatic heterocycles. The van der Waals surface area contributed by atoms with E-state index >= 15 is 0 Å². The summed E-state index contributed by atoms with van der Waals surface area (Å²) in [6.45, 7) is 16.4. The lowest BCUT2D eigenvalue weighted by molar-refractivity contribution is -0.0645. The monoisotopic (exact) mass is 326 g/mol. The molecule has 2 fully saturated rings. The van der Waals surface area contributed by atoms with Crippen molar-refractivity contribution in [2.75, 3.05) is 12.3 Å². The van der Waals surface area contributed by atoms with Crippen LogP contribution in [-0.2, 0) is 0 Å². The van der Waals surface area contributed by atoms with Crippen LogP contribution in [0.1, 0.15) is 74.1 Å². The van der Waals surface area contributed by atoms with E-state index < -0.39 is 0 Å². The summed E-state index contributed by atoms with van der Waals surface area (Å²) in [5.74, 6) is 1.89. The molecule has 0 spiro atoms. The van der Waals surface area contributed by atoms with Gasteiger partial charge in [0.05, 0.1) is 6.10 Å². The van der Waals surface area contributed by atoms with E-state index in [0.29, 0.717) is 11.8 Å². The predicted octanol–water partition coefficient (Wildman–Crippen LogP) is 5.75. The molecular formula is C20H39OP. The summed E-state index contributed by atoms with van der Waals surface area (Å²) < 4.78 is 0. The minimum absolute atomic E-state index is 0.116. The largest absolute Gasteiger partial charge is 0.393 e. The van der Waals surface area contributed by atoms with E-state index in [2.05, 4.69) is 48.5 Å². The highest BCUT2D eigenvalue weighted by molar-refractivity contribution is 7.58. The molecule has 1 heterocycles. The Balaban J connectivity index is 2.17. The molecule has 130 valence electrons. The maximum Gasteiger partial charge on any atom is 0.0606 e. The van der Waals surface area contributed by atoms with Crippen molar-refractivity contribution in [3.63, 3.8) is 0 Å². The first kappa shape index (κ1) is 18.7. The molecule has 1 nitrogen and oxygen atoms in total. The summed E-state index contributed by atoms with van der Waals surface area (Å²) in [6.07, 6.45) is 8.32. The number of aliphatic hydroxyl groups excluding tert-OH is 1. The van der Waals surface area contributed by atoms with Crippen LogP contribution in [0.4, 0.5) is 0 Å². The van der Waals surface area contributed by atoms with E-state index in [1.165, 1.54) is 38.0 Å². The predicted molar refractivity (Wildman–Crippen MR) is 100.0 cm³/mol. The van der Waals surface area contributed by atoms with Crippen LogP contribution in [-0.4, -0.2) is 29.2 Å². The summed E-state index contributed by atoms with van der Waals surface area (Å²) in [4.78, 5) is 0. The molecule has 0 radical (unpaired) electrons. The maximum absolute atomic E-state index is 11.1. The molecule has 2 rings (SSSR count). The van der Waals surface area contributed by atoms with E-state index in [1.807, 2.05) is 0 Å². The molecule has 1 saturated heterocycles. The smallest absolute Gasteiger partial charge is 0.0606 e. The Labute approximate surface area is 140 Å². The fraction of sp³-hybridized carbons (Fsp3) is 1.00. The van der Waals surface area contributed by atoms with Crippen molar-refractivity contribution < 1.29 is 5.11 Å². The number of hydrogen-bond acceptors (Lipinski definition) is 1. The Morgan fingerprint density at radius 3 is 1.59 bits per heavy atom. The van der Waals surface area contributed by atoms with E-state index in [-0.39, 0.29) is 24.9 Å². The van der Waals surface area contributed by atoms with Gasteiger partial charge in [-0.25, -0.2) is 0 Å². The molecule has 22 heavy (non-hydrogen) atoms. The molecule has 1 N–H and O–H groups in total. The molecule has 2 heteroatoms. The van der Waals surface area contributed by atoms with Gasteiger partial charge < -0.3 is 5.11 Å². The Hall–Kier alpha value is 0.390. The van der Waals surface area contributed by atoms with Gasteiger partial charge in [-0.1, -0.05) is 48.5 Å². The minimum Gasteiger partial charge on any atom is -0.393 e. The molecule has 1 saturated carbocycles. The van der Waals surface area contributed by atoms with E-state index in [9.17, 15) is 5.11 Å². The van der Waals surface area contributed by atoms with Gasteiger partial charge in [0.2, 0.25) is 0 Å². The first-order valence-electron chi connectivity index (χ1n) is 9.42. The lowest BCUT2D eigenvalue weighted by atomic mass is 9.61. The number of hydrogen-bond donors (Lipinski definition) is 1. The highest BCUT2D eigenvalue weighted by Crippen LogP contribution is 2.58. The highest BCUT2D eigenvalue weighted by atomic mass is 31.1. The Bertz CT molecular complexity index is 333. The zero-order valence-electron chi connectivity index (χ0n) is 16.0. The summed E-state index contributed by atoms with van der Waals surface area (Å²) in [5.41, 5.74) is 1.35. The molecule has 1 aliphatic carbocycles. The third kappa shape index (κ3) is 4.27. The van der Waals surface area contributed by atoms with E-state index in [0.717, 1.165) is 11.6 Å². The maximum atomic E-state index is 11.1. The van der Waals surface area contributed by atoms with Gasteiger partial charge in [-0.2, -0.15) is 0 Å². The van der Waals surface area contributed by atoms with Crippen LogP contribution >= 0.6 is 7.92 Å². The topological polar surface area (TPSA) is 20.2 Å². The standard InChI is InChI=1S/C20H39OP/c1-14-8-10-22(11-9-14)15-12-16(19(2,3)4)18(21)17(13-15)20(5,6)7/h14-18,21H,8-13H2,1-7H3. The fourth-order valence-electron chi connectivity index (χ4n) is 4.67. The van der Waals surface area contributed by atoms with Crippen LogP contribution in [0, 0.1) is 28.6 Å². The zero-order chi connectivity index (χ0) is 16.7. The van der Waals surface area contributed by atoms with Crippen molar-refractivity contribution in [3.05, 3.63) is 0 Å². The lowest BCUT2D eigenvalue weighted by Gasteiger charge is -2.51. The third-order valence-electron chi connectivity index (χ3n) is 6.44. The second-order valence-corrected chi connectivity index (χ2v) is 13.1. The van der Waals surface area contributed by atoms with Crippen LogP contribution < -0.4 is 0 Å². The second-order valence-electron chi connectivity index (χ2n) is 10.3. The van der Waals surface area contributed by atoms with Gasteiger partial charge in [-0.15, -0.1) is 7.92 Å². The molecule has 0 aromatic heterocycles. The van der Waals surface area contributed by atoms with Gasteiger partial charge >= 0.3 is 0 Å². The summed E-state index contributed by atoms with van der Waals surface area (Å²) in [6, 6.07) is 0. The van der Waals surface area contributed by atoms with Gasteiger partial charge in [0.1, 0.15) is 0 Å². The third-order valence-corrected chi connectivity index (χ3v) is 9.56. The average Bonchev–Trinajstić information content (AvgIpc) is 2.37. The second kappa shape index (κ2) is 6.72. The lowest BCUT2D eigenvalue weighted by Crippen LogP contribution is -2.49. The fourth-order valence-corrected chi connectivity index (χ4v) is 8.21. The number of aliphatic hydroxyl groups is 1. The zero-order valence-corrected chi connectivity index (χ0v) is 16.9. The van der Waals surface area contributed by atoms with Gasteiger partial charge in [-0.3, -0.25) is 0 Å².